The van der Waals surface area contributed by atoms with Crippen molar-refractivity contribution >= 4 is 17.4 Å². The van der Waals surface area contributed by atoms with Crippen molar-refractivity contribution in [3.05, 3.63) is 83.0 Å². The molecule has 1 aliphatic carbocycles. The Morgan fingerprint density at radius 3 is 2.77 bits per heavy atom. The molecular weight excluding hydrogens is 404 g/mol. The highest BCUT2D eigenvalue weighted by Gasteiger charge is 2.37. The fraction of sp³-hybridized carbons (Fsp3) is 0.385. The summed E-state index contributed by atoms with van der Waals surface area (Å²) in [5, 5.41) is 13.5. The van der Waals surface area contributed by atoms with Gasteiger partial charge in [0, 0.05) is 30.4 Å². The van der Waals surface area contributed by atoms with E-state index in [1.165, 1.54) is 5.56 Å². The van der Waals surface area contributed by atoms with E-state index >= 15 is 0 Å². The molecule has 4 nitrogen and oxygen atoms in total. The molecule has 2 aromatic rings. The number of rotatable bonds is 6. The number of aromatic nitrogens is 1. The largest absolute Gasteiger partial charge is 0.367 e. The maximum Gasteiger partial charge on any atom is 0.126 e. The van der Waals surface area contributed by atoms with E-state index in [0.717, 1.165) is 43.3 Å². The van der Waals surface area contributed by atoms with E-state index < -0.39 is 0 Å². The first kappa shape index (κ1) is 21.6. The Hall–Kier alpha value is -2.61. The van der Waals surface area contributed by atoms with E-state index in [9.17, 15) is 0 Å². The topological polar surface area (TPSA) is 52.0 Å². The summed E-state index contributed by atoms with van der Waals surface area (Å²) in [4.78, 5) is 7.01. The first-order chi connectivity index (χ1) is 15.1. The Morgan fingerprint density at radius 2 is 2.10 bits per heavy atom. The third-order valence-corrected chi connectivity index (χ3v) is 6.87. The molecule has 1 aromatic carbocycles. The van der Waals surface area contributed by atoms with Gasteiger partial charge in [0.25, 0.3) is 0 Å². The number of piperidine rings is 1. The first-order valence-electron chi connectivity index (χ1n) is 11.0. The van der Waals surface area contributed by atoms with Gasteiger partial charge in [-0.3, -0.25) is 4.90 Å². The molecule has 1 aromatic heterocycles. The zero-order valence-electron chi connectivity index (χ0n) is 17.9. The van der Waals surface area contributed by atoms with Gasteiger partial charge >= 0.3 is 0 Å². The standard InChI is InChI=1S/C26H29ClN4/c1-19(30-26-12-7-21(15-28)16-29-26)24-13-14-31(17-20-5-3-2-4-6-20)18-25(24)22-8-10-23(27)11-9-22/h2-8,10-12,16,19,22,24-25H,9,13-14,17-18H2,1H3,(H,29,30)/t19?,22?,24-,25-/m1/s1. The summed E-state index contributed by atoms with van der Waals surface area (Å²) in [6, 6.07) is 16.9. The lowest BCUT2D eigenvalue weighted by Crippen LogP contribution is -2.47. The van der Waals surface area contributed by atoms with E-state index in [1.807, 2.05) is 12.1 Å². The fourth-order valence-electron chi connectivity index (χ4n) is 4.94. The summed E-state index contributed by atoms with van der Waals surface area (Å²) in [5.74, 6) is 2.39. The number of hydrogen-bond donors (Lipinski definition) is 1. The van der Waals surface area contributed by atoms with Crippen LogP contribution in [-0.4, -0.2) is 29.0 Å². The van der Waals surface area contributed by atoms with Crippen LogP contribution in [0, 0.1) is 29.1 Å². The van der Waals surface area contributed by atoms with Gasteiger partial charge < -0.3 is 5.32 Å². The lowest BCUT2D eigenvalue weighted by atomic mass is 9.72. The summed E-state index contributed by atoms with van der Waals surface area (Å²) < 4.78 is 0. The van der Waals surface area contributed by atoms with Crippen LogP contribution in [0.1, 0.15) is 30.9 Å². The number of allylic oxidation sites excluding steroid dienone is 4. The van der Waals surface area contributed by atoms with Crippen LogP contribution in [0.4, 0.5) is 5.82 Å². The van der Waals surface area contributed by atoms with Crippen molar-refractivity contribution in [1.29, 1.82) is 5.26 Å². The number of likely N-dealkylation sites (tertiary alicyclic amines) is 1. The monoisotopic (exact) mass is 432 g/mol. The third kappa shape index (κ3) is 5.55. The molecule has 4 rings (SSSR count). The highest BCUT2D eigenvalue weighted by molar-refractivity contribution is 6.31. The molecule has 2 aliphatic rings. The van der Waals surface area contributed by atoms with Crippen molar-refractivity contribution in [2.24, 2.45) is 17.8 Å². The zero-order chi connectivity index (χ0) is 21.6. The van der Waals surface area contributed by atoms with Crippen molar-refractivity contribution < 1.29 is 0 Å². The third-order valence-electron chi connectivity index (χ3n) is 6.59. The highest BCUT2D eigenvalue weighted by Crippen LogP contribution is 2.38. The molecule has 0 radical (unpaired) electrons. The first-order valence-corrected chi connectivity index (χ1v) is 11.4. The lowest BCUT2D eigenvalue weighted by Gasteiger charge is -2.44. The van der Waals surface area contributed by atoms with Crippen LogP contribution in [0.5, 0.6) is 0 Å². The van der Waals surface area contributed by atoms with Gasteiger partial charge in [0.2, 0.25) is 0 Å². The molecule has 5 heteroatoms. The Morgan fingerprint density at radius 1 is 1.26 bits per heavy atom. The fourth-order valence-corrected chi connectivity index (χ4v) is 5.11. The number of nitriles is 1. The maximum atomic E-state index is 9.01. The quantitative estimate of drug-likeness (QED) is 0.646. The predicted octanol–water partition coefficient (Wildman–Crippen LogP) is 5.59. The second kappa shape index (κ2) is 10.1. The minimum absolute atomic E-state index is 0.291. The molecule has 2 heterocycles. The smallest absolute Gasteiger partial charge is 0.126 e. The molecule has 1 aliphatic heterocycles. The van der Waals surface area contributed by atoms with Crippen molar-refractivity contribution in [3.8, 4) is 6.07 Å². The molecule has 0 amide bonds. The van der Waals surface area contributed by atoms with Gasteiger partial charge in [-0.05, 0) is 67.8 Å². The molecule has 0 saturated carbocycles. The Balaban J connectivity index is 1.48. The van der Waals surface area contributed by atoms with Crippen molar-refractivity contribution in [3.63, 3.8) is 0 Å². The second-order valence-corrected chi connectivity index (χ2v) is 9.10. The van der Waals surface area contributed by atoms with E-state index in [-0.39, 0.29) is 0 Å². The summed E-state index contributed by atoms with van der Waals surface area (Å²) >= 11 is 6.21. The molecule has 1 saturated heterocycles. The summed E-state index contributed by atoms with van der Waals surface area (Å²) in [6.07, 6.45) is 10.3. The van der Waals surface area contributed by atoms with Gasteiger partial charge in [0.05, 0.1) is 5.56 Å². The molecular formula is C26H29ClN4. The predicted molar refractivity (Wildman–Crippen MR) is 127 cm³/mol. The zero-order valence-corrected chi connectivity index (χ0v) is 18.7. The van der Waals surface area contributed by atoms with Gasteiger partial charge in [-0.25, -0.2) is 4.98 Å². The van der Waals surface area contributed by atoms with Crippen LogP contribution >= 0.6 is 11.6 Å². The maximum absolute atomic E-state index is 9.01. The molecule has 0 bridgehead atoms. The van der Waals surface area contributed by atoms with Crippen LogP contribution in [0.15, 0.2) is 71.9 Å². The van der Waals surface area contributed by atoms with E-state index in [2.05, 4.69) is 76.8 Å². The second-order valence-electron chi connectivity index (χ2n) is 8.66. The van der Waals surface area contributed by atoms with Crippen LogP contribution < -0.4 is 5.32 Å². The number of hydrogen-bond acceptors (Lipinski definition) is 4. The SMILES string of the molecule is CC(Nc1ccc(C#N)cn1)[C@H]1CCN(Cc2ccccc2)C[C@@H]1C1C=CC(Cl)=CC1. The van der Waals surface area contributed by atoms with Gasteiger partial charge in [-0.15, -0.1) is 0 Å². The normalized spacial score (nSPS) is 24.8. The van der Waals surface area contributed by atoms with Crippen molar-refractivity contribution in [2.75, 3.05) is 18.4 Å². The number of anilines is 1. The van der Waals surface area contributed by atoms with Crippen LogP contribution in [-0.2, 0) is 6.54 Å². The number of nitrogens with one attached hydrogen (secondary N) is 1. The van der Waals surface area contributed by atoms with Gasteiger partial charge in [-0.1, -0.05) is 54.1 Å². The molecule has 31 heavy (non-hydrogen) atoms. The Kier molecular flexibility index (Phi) is 7.06. The summed E-state index contributed by atoms with van der Waals surface area (Å²) in [6.45, 7) is 5.43. The van der Waals surface area contributed by atoms with Gasteiger partial charge in [0.1, 0.15) is 11.9 Å². The molecule has 0 spiro atoms. The van der Waals surface area contributed by atoms with Gasteiger partial charge in [0.15, 0.2) is 0 Å². The van der Waals surface area contributed by atoms with Crippen molar-refractivity contribution in [2.45, 2.75) is 32.4 Å². The molecule has 1 N–H and O–H groups in total. The minimum atomic E-state index is 0.291. The number of halogens is 1. The Labute approximate surface area is 190 Å². The molecule has 1 fully saturated rings. The van der Waals surface area contributed by atoms with Gasteiger partial charge in [-0.2, -0.15) is 5.26 Å². The average molecular weight is 433 g/mol. The van der Waals surface area contributed by atoms with Crippen LogP contribution in [0.3, 0.4) is 0 Å². The minimum Gasteiger partial charge on any atom is -0.367 e. The number of benzene rings is 1. The van der Waals surface area contributed by atoms with Crippen LogP contribution in [0.2, 0.25) is 0 Å². The lowest BCUT2D eigenvalue weighted by molar-refractivity contribution is 0.0791. The summed E-state index contributed by atoms with van der Waals surface area (Å²) in [5.41, 5.74) is 1.95. The van der Waals surface area contributed by atoms with Crippen molar-refractivity contribution in [1.82, 2.24) is 9.88 Å². The van der Waals surface area contributed by atoms with E-state index in [0.29, 0.717) is 29.4 Å². The highest BCUT2D eigenvalue weighted by atomic mass is 35.5. The molecule has 4 atom stereocenters. The van der Waals surface area contributed by atoms with E-state index in [4.69, 9.17) is 16.9 Å². The Bertz CT molecular complexity index is 961. The molecule has 160 valence electrons. The number of nitrogens with zero attached hydrogens (tertiary/aromatic N) is 3. The summed E-state index contributed by atoms with van der Waals surface area (Å²) in [7, 11) is 0. The average Bonchev–Trinajstić information content (AvgIpc) is 2.81. The van der Waals surface area contributed by atoms with E-state index in [1.54, 1.807) is 6.20 Å². The van der Waals surface area contributed by atoms with Crippen LogP contribution in [0.25, 0.3) is 0 Å². The number of pyridine rings is 1. The molecule has 2 unspecified atom stereocenters.